The van der Waals surface area contributed by atoms with Crippen LogP contribution in [0.4, 0.5) is 0 Å². The van der Waals surface area contributed by atoms with Crippen molar-refractivity contribution in [2.45, 2.75) is 32.6 Å². The second-order valence-electron chi connectivity index (χ2n) is 6.42. The highest BCUT2D eigenvalue weighted by molar-refractivity contribution is 5.94. The van der Waals surface area contributed by atoms with Crippen molar-refractivity contribution in [3.05, 3.63) is 70.8 Å². The maximum atomic E-state index is 11.4. The highest BCUT2D eigenvalue weighted by Crippen LogP contribution is 2.16. The Bertz CT molecular complexity index is 745. The zero-order valence-corrected chi connectivity index (χ0v) is 15.2. The normalized spacial score (nSPS) is 11.6. The van der Waals surface area contributed by atoms with E-state index >= 15 is 0 Å². The van der Waals surface area contributed by atoms with Crippen LogP contribution in [0.5, 0.6) is 0 Å². The van der Waals surface area contributed by atoms with Crippen LogP contribution in [0.15, 0.2) is 48.5 Å². The number of aryl methyl sites for hydroxylation is 2. The summed E-state index contributed by atoms with van der Waals surface area (Å²) in [4.78, 5) is 34.1. The first-order valence-corrected chi connectivity index (χ1v) is 8.76. The largest absolute Gasteiger partial charge is 0.465 e. The van der Waals surface area contributed by atoms with Gasteiger partial charge in [-0.1, -0.05) is 36.4 Å². The van der Waals surface area contributed by atoms with Crippen LogP contribution < -0.4 is 0 Å². The summed E-state index contributed by atoms with van der Waals surface area (Å²) < 4.78 is 4.68. The fraction of sp³-hybridized carbons (Fsp3) is 0.318. The van der Waals surface area contributed by atoms with Gasteiger partial charge >= 0.3 is 5.97 Å². The fourth-order valence-electron chi connectivity index (χ4n) is 2.82. The van der Waals surface area contributed by atoms with Crippen molar-refractivity contribution >= 4 is 18.0 Å². The number of benzene rings is 2. The molecule has 136 valence electrons. The van der Waals surface area contributed by atoms with E-state index in [1.807, 2.05) is 36.4 Å². The number of aldehydes is 1. The number of ketones is 1. The highest BCUT2D eigenvalue weighted by Gasteiger charge is 2.10. The maximum absolute atomic E-state index is 11.4. The monoisotopic (exact) mass is 352 g/mol. The fourth-order valence-corrected chi connectivity index (χ4v) is 2.82. The first-order chi connectivity index (χ1) is 12.5. The lowest BCUT2D eigenvalue weighted by atomic mass is 9.94. The third kappa shape index (κ3) is 5.66. The lowest BCUT2D eigenvalue weighted by Crippen LogP contribution is -2.06. The summed E-state index contributed by atoms with van der Waals surface area (Å²) in [6, 6.07) is 14.8. The number of carbonyl (C=O) groups excluding carboxylic acids is 3. The molecule has 0 saturated carbocycles. The van der Waals surface area contributed by atoms with Gasteiger partial charge in [0.05, 0.1) is 12.7 Å². The van der Waals surface area contributed by atoms with Gasteiger partial charge in [0.15, 0.2) is 5.78 Å². The number of ether oxygens (including phenoxy) is 1. The summed E-state index contributed by atoms with van der Waals surface area (Å²) in [7, 11) is 1.36. The molecule has 0 aromatic heterocycles. The Morgan fingerprint density at radius 2 is 1.35 bits per heavy atom. The number of esters is 1. The lowest BCUT2D eigenvalue weighted by Gasteiger charge is -2.11. The Morgan fingerprint density at radius 1 is 0.885 bits per heavy atom. The quantitative estimate of drug-likeness (QED) is 0.388. The van der Waals surface area contributed by atoms with Gasteiger partial charge in [-0.3, -0.25) is 4.79 Å². The summed E-state index contributed by atoms with van der Waals surface area (Å²) in [5.74, 6) is -0.304. The summed E-state index contributed by atoms with van der Waals surface area (Å²) in [6.45, 7) is 1.55. The first-order valence-electron chi connectivity index (χ1n) is 8.76. The smallest absolute Gasteiger partial charge is 0.337 e. The Morgan fingerprint density at radius 3 is 1.73 bits per heavy atom. The van der Waals surface area contributed by atoms with Gasteiger partial charge in [0.1, 0.15) is 6.29 Å². The standard InChI is InChI=1S/C22H24O4/c1-16(24)20-11-7-17(8-12-20)3-5-19(15-23)6-4-18-9-13-21(14-10-18)22(25)26-2/h7-15,19H,3-6H2,1-2H3. The van der Waals surface area contributed by atoms with Crippen LogP contribution in [0.1, 0.15) is 51.6 Å². The van der Waals surface area contributed by atoms with Crippen molar-refractivity contribution in [1.82, 2.24) is 0 Å². The Labute approximate surface area is 154 Å². The van der Waals surface area contributed by atoms with Gasteiger partial charge in [0.25, 0.3) is 0 Å². The van der Waals surface area contributed by atoms with Crippen LogP contribution in [0.2, 0.25) is 0 Å². The predicted octanol–water partition coefficient (Wildman–Crippen LogP) is 4.06. The van der Waals surface area contributed by atoms with Crippen LogP contribution in [0, 0.1) is 5.92 Å². The number of rotatable bonds is 9. The second-order valence-corrected chi connectivity index (χ2v) is 6.42. The lowest BCUT2D eigenvalue weighted by molar-refractivity contribution is -0.111. The molecule has 0 heterocycles. The SMILES string of the molecule is COC(=O)c1ccc(CCC(C=O)CCc2ccc(C(C)=O)cc2)cc1. The van der Waals surface area contributed by atoms with E-state index in [-0.39, 0.29) is 17.7 Å². The number of Topliss-reactive ketones (excluding diaryl/α,β-unsaturated/α-hetero) is 1. The molecule has 0 amide bonds. The predicted molar refractivity (Wildman–Crippen MR) is 100 cm³/mol. The van der Waals surface area contributed by atoms with E-state index in [4.69, 9.17) is 0 Å². The molecule has 0 N–H and O–H groups in total. The van der Waals surface area contributed by atoms with Crippen molar-refractivity contribution < 1.29 is 19.1 Å². The van der Waals surface area contributed by atoms with Gasteiger partial charge in [-0.05, 0) is 55.9 Å². The molecule has 0 radical (unpaired) electrons. The van der Waals surface area contributed by atoms with Crippen LogP contribution in [0.3, 0.4) is 0 Å². The van der Waals surface area contributed by atoms with Crippen molar-refractivity contribution in [3.8, 4) is 0 Å². The van der Waals surface area contributed by atoms with E-state index in [0.29, 0.717) is 11.1 Å². The van der Waals surface area contributed by atoms with Gasteiger partial charge in [0.2, 0.25) is 0 Å². The molecule has 26 heavy (non-hydrogen) atoms. The molecule has 4 heteroatoms. The van der Waals surface area contributed by atoms with Crippen molar-refractivity contribution in [2.24, 2.45) is 5.92 Å². The minimum absolute atomic E-state index is 0.0113. The van der Waals surface area contributed by atoms with Gasteiger partial charge < -0.3 is 9.53 Å². The molecule has 0 fully saturated rings. The van der Waals surface area contributed by atoms with Gasteiger partial charge in [-0.15, -0.1) is 0 Å². The van der Waals surface area contributed by atoms with Crippen LogP contribution >= 0.6 is 0 Å². The topological polar surface area (TPSA) is 60.4 Å². The number of methoxy groups -OCH3 is 1. The highest BCUT2D eigenvalue weighted by atomic mass is 16.5. The molecule has 0 aliphatic carbocycles. The average Bonchev–Trinajstić information content (AvgIpc) is 2.68. The summed E-state index contributed by atoms with van der Waals surface area (Å²) in [6.07, 6.45) is 4.17. The molecule has 2 aromatic rings. The van der Waals surface area contributed by atoms with Crippen LogP contribution in [-0.2, 0) is 22.4 Å². The Hall–Kier alpha value is -2.75. The molecule has 0 spiro atoms. The molecular formula is C22H24O4. The molecule has 0 aliphatic heterocycles. The molecule has 4 nitrogen and oxygen atoms in total. The van der Waals surface area contributed by atoms with Crippen molar-refractivity contribution in [2.75, 3.05) is 7.11 Å². The maximum Gasteiger partial charge on any atom is 0.337 e. The molecule has 2 aromatic carbocycles. The van der Waals surface area contributed by atoms with Crippen molar-refractivity contribution in [1.29, 1.82) is 0 Å². The van der Waals surface area contributed by atoms with E-state index in [0.717, 1.165) is 43.1 Å². The third-order valence-electron chi connectivity index (χ3n) is 4.54. The second kappa shape index (κ2) is 9.66. The number of carbonyl (C=O) groups is 3. The molecular weight excluding hydrogens is 328 g/mol. The summed E-state index contributed by atoms with van der Waals surface area (Å²) in [5, 5.41) is 0. The first kappa shape index (κ1) is 19.6. The molecule has 1 unspecified atom stereocenters. The molecule has 0 saturated heterocycles. The number of hydrogen-bond acceptors (Lipinski definition) is 4. The van der Waals surface area contributed by atoms with Crippen molar-refractivity contribution in [3.63, 3.8) is 0 Å². The van der Waals surface area contributed by atoms with Crippen LogP contribution in [0.25, 0.3) is 0 Å². The van der Waals surface area contributed by atoms with Gasteiger partial charge in [0, 0.05) is 11.5 Å². The molecule has 1 atom stereocenters. The van der Waals surface area contributed by atoms with Gasteiger partial charge in [-0.2, -0.15) is 0 Å². The minimum atomic E-state index is -0.349. The minimum Gasteiger partial charge on any atom is -0.465 e. The van der Waals surface area contributed by atoms with E-state index in [1.54, 1.807) is 19.1 Å². The van der Waals surface area contributed by atoms with E-state index in [9.17, 15) is 14.4 Å². The molecule has 0 aliphatic rings. The van der Waals surface area contributed by atoms with Crippen LogP contribution in [-0.4, -0.2) is 25.1 Å². The van der Waals surface area contributed by atoms with E-state index < -0.39 is 0 Å². The summed E-state index contributed by atoms with van der Waals surface area (Å²) >= 11 is 0. The Balaban J connectivity index is 1.84. The zero-order chi connectivity index (χ0) is 18.9. The number of hydrogen-bond donors (Lipinski definition) is 0. The van der Waals surface area contributed by atoms with Gasteiger partial charge in [-0.25, -0.2) is 4.79 Å². The van der Waals surface area contributed by atoms with E-state index in [2.05, 4.69) is 4.74 Å². The molecule has 2 rings (SSSR count). The third-order valence-corrected chi connectivity index (χ3v) is 4.54. The average molecular weight is 352 g/mol. The zero-order valence-electron chi connectivity index (χ0n) is 15.2. The Kier molecular flexibility index (Phi) is 7.27. The molecule has 0 bridgehead atoms. The summed E-state index contributed by atoms with van der Waals surface area (Å²) in [5.41, 5.74) is 3.45. The van der Waals surface area contributed by atoms with E-state index in [1.165, 1.54) is 7.11 Å².